The smallest absolute Gasteiger partial charge is 0.309 e. The topological polar surface area (TPSA) is 119 Å². The molecule has 4 unspecified atom stereocenters. The fraction of sp³-hybridized carbons (Fsp3) is 0.846. The summed E-state index contributed by atoms with van der Waals surface area (Å²) in [7, 11) is 1.60. The molecule has 0 aromatic carbocycles. The molecule has 0 aromatic rings. The first kappa shape index (κ1) is 16.9. The van der Waals surface area contributed by atoms with E-state index in [2.05, 4.69) is 10.6 Å². The Morgan fingerprint density at radius 1 is 1.20 bits per heavy atom. The molecule has 7 nitrogen and oxygen atoms in total. The van der Waals surface area contributed by atoms with E-state index in [4.69, 9.17) is 5.11 Å². The summed E-state index contributed by atoms with van der Waals surface area (Å²) in [5.41, 5.74) is 0. The van der Waals surface area contributed by atoms with Crippen LogP contribution < -0.4 is 10.6 Å². The average molecular weight is 288 g/mol. The Hall–Kier alpha value is -1.18. The van der Waals surface area contributed by atoms with E-state index in [-0.39, 0.29) is 11.9 Å². The van der Waals surface area contributed by atoms with Crippen LogP contribution in [0.5, 0.6) is 0 Å². The van der Waals surface area contributed by atoms with Crippen LogP contribution in [0.25, 0.3) is 0 Å². The van der Waals surface area contributed by atoms with Crippen molar-refractivity contribution < 1.29 is 24.9 Å². The van der Waals surface area contributed by atoms with Gasteiger partial charge in [0.2, 0.25) is 5.91 Å². The van der Waals surface area contributed by atoms with E-state index >= 15 is 0 Å². The van der Waals surface area contributed by atoms with Crippen molar-refractivity contribution in [1.29, 1.82) is 0 Å². The van der Waals surface area contributed by atoms with Gasteiger partial charge in [0.1, 0.15) is 0 Å². The van der Waals surface area contributed by atoms with Gasteiger partial charge in [0.15, 0.2) is 0 Å². The number of carboxylic acids is 1. The number of aliphatic carboxylic acids is 1. The fourth-order valence-electron chi connectivity index (χ4n) is 2.50. The summed E-state index contributed by atoms with van der Waals surface area (Å²) in [5.74, 6) is -2.00. The summed E-state index contributed by atoms with van der Waals surface area (Å²) in [6.45, 7) is 0.664. The van der Waals surface area contributed by atoms with Crippen molar-refractivity contribution >= 4 is 11.9 Å². The first-order chi connectivity index (χ1) is 9.45. The number of amides is 1. The van der Waals surface area contributed by atoms with Gasteiger partial charge < -0.3 is 26.0 Å². The van der Waals surface area contributed by atoms with E-state index in [9.17, 15) is 19.8 Å². The van der Waals surface area contributed by atoms with Crippen LogP contribution in [0.3, 0.4) is 0 Å². The molecule has 0 aromatic heterocycles. The lowest BCUT2D eigenvalue weighted by atomic mass is 9.81. The number of unbranched alkanes of at least 4 members (excludes halogenated alkanes) is 1. The number of hydrogen-bond donors (Lipinski definition) is 5. The molecule has 1 saturated carbocycles. The molecular weight excluding hydrogens is 264 g/mol. The van der Waals surface area contributed by atoms with Crippen molar-refractivity contribution in [3.05, 3.63) is 0 Å². The molecule has 1 amide bonds. The van der Waals surface area contributed by atoms with Crippen molar-refractivity contribution in [3.8, 4) is 0 Å². The van der Waals surface area contributed by atoms with Gasteiger partial charge in [-0.1, -0.05) is 0 Å². The minimum absolute atomic E-state index is 0.00662. The largest absolute Gasteiger partial charge is 0.481 e. The molecule has 4 atom stereocenters. The molecule has 1 rings (SSSR count). The van der Waals surface area contributed by atoms with Crippen LogP contribution in [-0.2, 0) is 9.59 Å². The van der Waals surface area contributed by atoms with E-state index in [1.807, 2.05) is 0 Å². The third-order valence-corrected chi connectivity index (χ3v) is 3.73. The van der Waals surface area contributed by atoms with Crippen molar-refractivity contribution in [1.82, 2.24) is 10.6 Å². The van der Waals surface area contributed by atoms with Crippen molar-refractivity contribution in [2.24, 2.45) is 5.92 Å². The summed E-state index contributed by atoms with van der Waals surface area (Å²) < 4.78 is 0. The van der Waals surface area contributed by atoms with Crippen LogP contribution in [0.15, 0.2) is 0 Å². The van der Waals surface area contributed by atoms with Gasteiger partial charge in [-0.3, -0.25) is 9.59 Å². The molecule has 1 aliphatic rings. The Kier molecular flexibility index (Phi) is 6.90. The van der Waals surface area contributed by atoms with Gasteiger partial charge in [-0.2, -0.15) is 0 Å². The summed E-state index contributed by atoms with van der Waals surface area (Å²) in [4.78, 5) is 22.0. The minimum Gasteiger partial charge on any atom is -0.481 e. The maximum absolute atomic E-state index is 11.0. The van der Waals surface area contributed by atoms with Crippen LogP contribution in [0.2, 0.25) is 0 Å². The highest BCUT2D eigenvalue weighted by Crippen LogP contribution is 2.25. The molecule has 116 valence electrons. The fourth-order valence-corrected chi connectivity index (χ4v) is 2.50. The number of hydrogen-bond acceptors (Lipinski definition) is 5. The second kappa shape index (κ2) is 8.18. The summed E-state index contributed by atoms with van der Waals surface area (Å²) in [5, 5.41) is 34.0. The van der Waals surface area contributed by atoms with Crippen molar-refractivity contribution in [2.75, 3.05) is 13.6 Å². The lowest BCUT2D eigenvalue weighted by molar-refractivity contribution is -0.153. The third kappa shape index (κ3) is 5.07. The molecule has 0 bridgehead atoms. The molecule has 1 aliphatic carbocycles. The SMILES string of the molecule is CNC(=O)CCCCNC1CC(O)C(O)C(C(=O)O)C1. The van der Waals surface area contributed by atoms with E-state index in [0.717, 1.165) is 12.8 Å². The van der Waals surface area contributed by atoms with Gasteiger partial charge in [0, 0.05) is 19.5 Å². The number of carboxylic acid groups (broad SMARTS) is 1. The highest BCUT2D eigenvalue weighted by atomic mass is 16.4. The number of rotatable bonds is 7. The zero-order chi connectivity index (χ0) is 15.1. The zero-order valence-corrected chi connectivity index (χ0v) is 11.7. The van der Waals surface area contributed by atoms with Crippen LogP contribution in [0.4, 0.5) is 0 Å². The Morgan fingerprint density at radius 3 is 2.50 bits per heavy atom. The molecule has 0 saturated heterocycles. The Balaban J connectivity index is 2.27. The van der Waals surface area contributed by atoms with Gasteiger partial charge in [-0.05, 0) is 32.2 Å². The summed E-state index contributed by atoms with van der Waals surface area (Å²) in [6.07, 6.45) is 0.491. The van der Waals surface area contributed by atoms with Gasteiger partial charge >= 0.3 is 5.97 Å². The molecule has 0 radical (unpaired) electrons. The molecule has 7 heteroatoms. The molecule has 0 heterocycles. The number of carbonyl (C=O) groups excluding carboxylic acids is 1. The third-order valence-electron chi connectivity index (χ3n) is 3.73. The predicted molar refractivity (Wildman–Crippen MR) is 72.1 cm³/mol. The van der Waals surface area contributed by atoms with Gasteiger partial charge in [-0.15, -0.1) is 0 Å². The Morgan fingerprint density at radius 2 is 1.90 bits per heavy atom. The van der Waals surface area contributed by atoms with Crippen LogP contribution >= 0.6 is 0 Å². The standard InChI is InChI=1S/C13H24N2O5/c1-14-11(17)4-2-3-5-15-8-6-9(13(19)20)12(18)10(16)7-8/h8-10,12,15-16,18H,2-7H2,1H3,(H,14,17)(H,19,20). The van der Waals surface area contributed by atoms with E-state index in [1.165, 1.54) is 0 Å². The van der Waals surface area contributed by atoms with Gasteiger partial charge in [0.25, 0.3) is 0 Å². The molecular formula is C13H24N2O5. The maximum atomic E-state index is 11.0. The molecule has 0 aliphatic heterocycles. The van der Waals surface area contributed by atoms with E-state index in [1.54, 1.807) is 7.05 Å². The van der Waals surface area contributed by atoms with E-state index < -0.39 is 24.1 Å². The van der Waals surface area contributed by atoms with Crippen molar-refractivity contribution in [2.45, 2.75) is 50.4 Å². The number of nitrogens with one attached hydrogen (secondary N) is 2. The van der Waals surface area contributed by atoms with E-state index in [0.29, 0.717) is 25.8 Å². The van der Waals surface area contributed by atoms with Crippen LogP contribution in [0.1, 0.15) is 32.1 Å². The number of carbonyl (C=O) groups is 2. The number of aliphatic hydroxyl groups is 2. The number of aliphatic hydroxyl groups excluding tert-OH is 2. The van der Waals surface area contributed by atoms with Crippen molar-refractivity contribution in [3.63, 3.8) is 0 Å². The van der Waals surface area contributed by atoms with Gasteiger partial charge in [0.05, 0.1) is 18.1 Å². The normalized spacial score (nSPS) is 29.9. The van der Waals surface area contributed by atoms with Gasteiger partial charge in [-0.25, -0.2) is 0 Å². The molecule has 1 fully saturated rings. The Bertz CT molecular complexity index is 337. The molecule has 20 heavy (non-hydrogen) atoms. The molecule has 5 N–H and O–H groups in total. The first-order valence-corrected chi connectivity index (χ1v) is 6.98. The van der Waals surface area contributed by atoms with Crippen LogP contribution in [0, 0.1) is 5.92 Å². The lowest BCUT2D eigenvalue weighted by Crippen LogP contribution is -2.50. The quantitative estimate of drug-likeness (QED) is 0.386. The second-order valence-corrected chi connectivity index (χ2v) is 5.26. The minimum atomic E-state index is -1.20. The first-order valence-electron chi connectivity index (χ1n) is 6.98. The maximum Gasteiger partial charge on any atom is 0.309 e. The van der Waals surface area contributed by atoms with Crippen LogP contribution in [-0.4, -0.2) is 59.0 Å². The zero-order valence-electron chi connectivity index (χ0n) is 11.7. The lowest BCUT2D eigenvalue weighted by Gasteiger charge is -2.35. The highest BCUT2D eigenvalue weighted by Gasteiger charge is 2.39. The average Bonchev–Trinajstić information content (AvgIpc) is 2.41. The monoisotopic (exact) mass is 288 g/mol. The Labute approximate surface area is 118 Å². The highest BCUT2D eigenvalue weighted by molar-refractivity contribution is 5.75. The predicted octanol–water partition coefficient (Wildman–Crippen LogP) is -0.923. The summed E-state index contributed by atoms with van der Waals surface area (Å²) in [6, 6.07) is -0.116. The second-order valence-electron chi connectivity index (χ2n) is 5.26. The molecule has 0 spiro atoms. The summed E-state index contributed by atoms with van der Waals surface area (Å²) >= 11 is 0.